The topological polar surface area (TPSA) is 82.9 Å². The number of hydrogen-bond acceptors (Lipinski definition) is 4. The predicted octanol–water partition coefficient (Wildman–Crippen LogP) is 1.58. The summed E-state index contributed by atoms with van der Waals surface area (Å²) in [5.74, 6) is -1.15. The molecule has 0 radical (unpaired) electrons. The Morgan fingerprint density at radius 3 is 2.44 bits per heavy atom. The maximum absolute atomic E-state index is 12.3. The molecule has 1 saturated heterocycles. The third-order valence-electron chi connectivity index (χ3n) is 4.37. The Bertz CT molecular complexity index is 814. The normalized spacial score (nSPS) is 14.1. The van der Waals surface area contributed by atoms with Crippen LogP contribution in [0.5, 0.6) is 0 Å². The summed E-state index contributed by atoms with van der Waals surface area (Å²) in [5, 5.41) is 3.27. The van der Waals surface area contributed by atoms with E-state index in [0.29, 0.717) is 44.2 Å². The van der Waals surface area contributed by atoms with Crippen molar-refractivity contribution in [1.29, 1.82) is 0 Å². The molecule has 2 heterocycles. The van der Waals surface area contributed by atoms with Gasteiger partial charge in [0.1, 0.15) is 0 Å². The fourth-order valence-corrected chi connectivity index (χ4v) is 3.11. The fraction of sp³-hybridized carbons (Fsp3) is 0.316. The number of halogens is 1. The number of benzene rings is 1. The Balaban J connectivity index is 1.43. The van der Waals surface area contributed by atoms with Gasteiger partial charge >= 0.3 is 11.8 Å². The number of rotatable bonds is 4. The summed E-state index contributed by atoms with van der Waals surface area (Å²) in [6, 6.07) is 10.6. The highest BCUT2D eigenvalue weighted by atomic mass is 35.5. The molecule has 3 rings (SSSR count). The van der Waals surface area contributed by atoms with Crippen LogP contribution in [0.1, 0.15) is 16.1 Å². The number of nitrogens with zero attached hydrogens (tertiary/aromatic N) is 2. The van der Waals surface area contributed by atoms with Crippen LogP contribution in [0, 0.1) is 0 Å². The first-order valence-electron chi connectivity index (χ1n) is 8.69. The summed E-state index contributed by atoms with van der Waals surface area (Å²) in [5.41, 5.74) is 0.986. The monoisotopic (exact) mass is 389 g/mol. The maximum atomic E-state index is 12.3. The van der Waals surface area contributed by atoms with E-state index in [0.717, 1.165) is 5.56 Å². The van der Waals surface area contributed by atoms with E-state index in [-0.39, 0.29) is 11.7 Å². The van der Waals surface area contributed by atoms with Crippen molar-refractivity contribution in [1.82, 2.24) is 15.1 Å². The molecule has 0 atom stereocenters. The van der Waals surface area contributed by atoms with Crippen LogP contribution in [0.2, 0.25) is 5.02 Å². The molecule has 0 spiro atoms. The average Bonchev–Trinajstić information content (AvgIpc) is 3.22. The van der Waals surface area contributed by atoms with Gasteiger partial charge in [0.15, 0.2) is 5.76 Å². The van der Waals surface area contributed by atoms with Gasteiger partial charge in [-0.1, -0.05) is 23.7 Å². The molecule has 8 heteroatoms. The molecule has 27 heavy (non-hydrogen) atoms. The van der Waals surface area contributed by atoms with Crippen molar-refractivity contribution in [2.75, 3.05) is 32.7 Å². The largest absolute Gasteiger partial charge is 0.459 e. The zero-order valence-electron chi connectivity index (χ0n) is 14.7. The minimum Gasteiger partial charge on any atom is -0.459 e. The smallest absolute Gasteiger partial charge is 0.312 e. The van der Waals surface area contributed by atoms with Crippen molar-refractivity contribution >= 4 is 29.3 Å². The molecule has 0 bridgehead atoms. The van der Waals surface area contributed by atoms with Gasteiger partial charge in [-0.05, 0) is 36.2 Å². The van der Waals surface area contributed by atoms with Gasteiger partial charge in [-0.25, -0.2) is 0 Å². The lowest BCUT2D eigenvalue weighted by Crippen LogP contribution is -2.53. The summed E-state index contributed by atoms with van der Waals surface area (Å²) in [6.07, 6.45) is 2.03. The average molecular weight is 390 g/mol. The number of nitrogens with one attached hydrogen (secondary N) is 1. The van der Waals surface area contributed by atoms with Gasteiger partial charge in [-0.3, -0.25) is 14.4 Å². The Kier molecular flexibility index (Phi) is 6.13. The molecule has 0 saturated carbocycles. The van der Waals surface area contributed by atoms with Crippen LogP contribution in [0.3, 0.4) is 0 Å². The van der Waals surface area contributed by atoms with Crippen molar-refractivity contribution in [2.24, 2.45) is 0 Å². The Morgan fingerprint density at radius 1 is 1.04 bits per heavy atom. The predicted molar refractivity (Wildman–Crippen MR) is 99.4 cm³/mol. The summed E-state index contributed by atoms with van der Waals surface area (Å²) in [7, 11) is 0. The van der Waals surface area contributed by atoms with E-state index in [9.17, 15) is 14.4 Å². The number of amides is 3. The van der Waals surface area contributed by atoms with Crippen LogP contribution in [0.25, 0.3) is 0 Å². The van der Waals surface area contributed by atoms with Gasteiger partial charge in [-0.2, -0.15) is 0 Å². The van der Waals surface area contributed by atoms with Crippen LogP contribution in [0.4, 0.5) is 0 Å². The van der Waals surface area contributed by atoms with Gasteiger partial charge in [0.05, 0.1) is 6.26 Å². The van der Waals surface area contributed by atoms with Gasteiger partial charge in [0.25, 0.3) is 5.91 Å². The van der Waals surface area contributed by atoms with E-state index in [1.54, 1.807) is 23.1 Å². The third kappa shape index (κ3) is 4.89. The molecule has 0 unspecified atom stereocenters. The second-order valence-electron chi connectivity index (χ2n) is 6.20. The summed E-state index contributed by atoms with van der Waals surface area (Å²) in [6.45, 7) is 1.70. The highest BCUT2D eigenvalue weighted by molar-refractivity contribution is 6.35. The Morgan fingerprint density at radius 2 is 1.78 bits per heavy atom. The number of furan rings is 1. The molecular formula is C19H20ClN3O4. The summed E-state index contributed by atoms with van der Waals surface area (Å²) >= 11 is 5.92. The molecule has 1 aromatic heterocycles. The number of carbonyl (C=O) groups is 3. The zero-order valence-corrected chi connectivity index (χ0v) is 15.4. The number of carbonyl (C=O) groups excluding carboxylic acids is 3. The molecule has 142 valence electrons. The molecule has 2 aromatic rings. The van der Waals surface area contributed by atoms with Gasteiger partial charge in [-0.15, -0.1) is 0 Å². The van der Waals surface area contributed by atoms with Crippen molar-refractivity contribution < 1.29 is 18.8 Å². The quantitative estimate of drug-likeness (QED) is 0.805. The van der Waals surface area contributed by atoms with Gasteiger partial charge in [0, 0.05) is 37.7 Å². The van der Waals surface area contributed by atoms with Crippen LogP contribution in [-0.4, -0.2) is 60.2 Å². The minimum atomic E-state index is -0.636. The first-order valence-corrected chi connectivity index (χ1v) is 9.07. The minimum absolute atomic E-state index is 0.210. The van der Waals surface area contributed by atoms with Crippen molar-refractivity contribution in [3.63, 3.8) is 0 Å². The van der Waals surface area contributed by atoms with Crippen LogP contribution in [-0.2, 0) is 16.0 Å². The molecule has 1 aliphatic rings. The highest BCUT2D eigenvalue weighted by Crippen LogP contribution is 2.11. The molecule has 1 aliphatic heterocycles. The molecular weight excluding hydrogens is 370 g/mol. The molecule has 0 aliphatic carbocycles. The lowest BCUT2D eigenvalue weighted by molar-refractivity contribution is -0.146. The highest BCUT2D eigenvalue weighted by Gasteiger charge is 2.28. The fourth-order valence-electron chi connectivity index (χ4n) is 2.90. The van der Waals surface area contributed by atoms with Crippen LogP contribution in [0.15, 0.2) is 47.1 Å². The SMILES string of the molecule is O=C(NCCc1cccc(Cl)c1)C(=O)N1CCN(C(=O)c2ccco2)CC1. The summed E-state index contributed by atoms with van der Waals surface area (Å²) < 4.78 is 5.11. The standard InChI is InChI=1S/C19H20ClN3O4/c20-15-4-1-3-14(13-15)6-7-21-17(24)19(26)23-10-8-22(9-11-23)18(25)16-5-2-12-27-16/h1-5,12-13H,6-11H2,(H,21,24). The summed E-state index contributed by atoms with van der Waals surface area (Å²) in [4.78, 5) is 39.6. The van der Waals surface area contributed by atoms with E-state index in [1.807, 2.05) is 18.2 Å². The van der Waals surface area contributed by atoms with Gasteiger partial charge < -0.3 is 19.5 Å². The van der Waals surface area contributed by atoms with Crippen molar-refractivity contribution in [2.45, 2.75) is 6.42 Å². The number of hydrogen-bond donors (Lipinski definition) is 1. The zero-order chi connectivity index (χ0) is 19.2. The Hall–Kier alpha value is -2.80. The molecule has 1 N–H and O–H groups in total. The van der Waals surface area contributed by atoms with E-state index < -0.39 is 11.8 Å². The maximum Gasteiger partial charge on any atom is 0.312 e. The molecule has 7 nitrogen and oxygen atoms in total. The lowest BCUT2D eigenvalue weighted by Gasteiger charge is -2.33. The molecule has 1 aromatic carbocycles. The third-order valence-corrected chi connectivity index (χ3v) is 4.60. The van der Waals surface area contributed by atoms with Crippen molar-refractivity contribution in [3.8, 4) is 0 Å². The van der Waals surface area contributed by atoms with Gasteiger partial charge in [0.2, 0.25) is 0 Å². The Labute approximate surface area is 161 Å². The second-order valence-corrected chi connectivity index (χ2v) is 6.63. The van der Waals surface area contributed by atoms with E-state index in [1.165, 1.54) is 11.2 Å². The van der Waals surface area contributed by atoms with Crippen LogP contribution >= 0.6 is 11.6 Å². The van der Waals surface area contributed by atoms with E-state index in [4.69, 9.17) is 16.0 Å². The molecule has 3 amide bonds. The van der Waals surface area contributed by atoms with E-state index in [2.05, 4.69) is 5.32 Å². The second kappa shape index (κ2) is 8.73. The van der Waals surface area contributed by atoms with Crippen molar-refractivity contribution in [3.05, 3.63) is 59.0 Å². The molecule has 1 fully saturated rings. The first kappa shape index (κ1) is 19.0. The number of piperazine rings is 1. The van der Waals surface area contributed by atoms with E-state index >= 15 is 0 Å². The lowest BCUT2D eigenvalue weighted by atomic mass is 10.1. The first-order chi connectivity index (χ1) is 13.0. The van der Waals surface area contributed by atoms with Crippen LogP contribution < -0.4 is 5.32 Å².